The highest BCUT2D eigenvalue weighted by atomic mass is 19.2. The molecule has 2 N–H and O–H groups in total. The molecule has 0 spiro atoms. The second kappa shape index (κ2) is 6.14. The number of carbonyl (C=O) groups excluding carboxylic acids is 1. The molecule has 0 aromatic heterocycles. The van der Waals surface area contributed by atoms with Crippen molar-refractivity contribution in [2.45, 2.75) is 31.1 Å². The van der Waals surface area contributed by atoms with E-state index >= 15 is 0 Å². The molecule has 1 aromatic carbocycles. The van der Waals surface area contributed by atoms with Crippen LogP contribution in [-0.4, -0.2) is 63.8 Å². The number of carbonyl (C=O) groups is 1. The maximum atomic E-state index is 13.8. The van der Waals surface area contributed by atoms with Crippen LogP contribution < -0.4 is 0 Å². The van der Waals surface area contributed by atoms with Gasteiger partial charge in [0.1, 0.15) is 0 Å². The average Bonchev–Trinajstić information content (AvgIpc) is 2.47. The fraction of sp³-hybridized carbons (Fsp3) is 0.562. The summed E-state index contributed by atoms with van der Waals surface area (Å²) in [5, 5.41) is 20.0. The first-order valence-electron chi connectivity index (χ1n) is 7.74. The molecule has 0 aliphatic carbocycles. The smallest absolute Gasteiger partial charge is 0.256 e. The summed E-state index contributed by atoms with van der Waals surface area (Å²) >= 11 is 0. The summed E-state index contributed by atoms with van der Waals surface area (Å²) in [7, 11) is 0. The van der Waals surface area contributed by atoms with E-state index in [1.54, 1.807) is 0 Å². The number of halogens is 2. The lowest BCUT2D eigenvalue weighted by atomic mass is 9.89. The Balaban J connectivity index is 1.70. The van der Waals surface area contributed by atoms with Crippen molar-refractivity contribution in [2.24, 2.45) is 0 Å². The lowest BCUT2D eigenvalue weighted by Gasteiger charge is -2.44. The Morgan fingerprint density at radius 3 is 2.74 bits per heavy atom. The number of β-amino-alcohol motifs (C(OH)–C–C–N with tert-alkyl or cyclic N) is 2. The summed E-state index contributed by atoms with van der Waals surface area (Å²) in [5.74, 6) is -2.37. The summed E-state index contributed by atoms with van der Waals surface area (Å²) in [5.41, 5.74) is -1.43. The van der Waals surface area contributed by atoms with E-state index < -0.39 is 29.2 Å². The summed E-state index contributed by atoms with van der Waals surface area (Å²) in [6.45, 7) is 1.38. The second-order valence-electron chi connectivity index (χ2n) is 6.42. The Labute approximate surface area is 133 Å². The van der Waals surface area contributed by atoms with E-state index in [9.17, 15) is 23.8 Å². The fourth-order valence-corrected chi connectivity index (χ4v) is 3.28. The van der Waals surface area contributed by atoms with Crippen LogP contribution in [0.15, 0.2) is 18.2 Å². The molecule has 0 saturated carbocycles. The standard InChI is InChI=1S/C16H20F2N2O3/c17-13-4-1-3-11(14(13)18)7-20-6-2-5-16(23,15(20)22)10-19-8-12(21)9-19/h1,3-4,12,21,23H,2,5-10H2/t16-/m0/s1. The van der Waals surface area contributed by atoms with Gasteiger partial charge in [0.05, 0.1) is 6.10 Å². The number of aliphatic hydroxyl groups is 2. The van der Waals surface area contributed by atoms with Crippen molar-refractivity contribution in [2.75, 3.05) is 26.2 Å². The predicted octanol–water partition coefficient (Wildman–Crippen LogP) is 0.495. The highest BCUT2D eigenvalue weighted by Gasteiger charge is 2.45. The van der Waals surface area contributed by atoms with Gasteiger partial charge in [-0.25, -0.2) is 8.78 Å². The molecule has 2 saturated heterocycles. The molecule has 2 heterocycles. The number of benzene rings is 1. The topological polar surface area (TPSA) is 64.0 Å². The largest absolute Gasteiger partial charge is 0.390 e. The monoisotopic (exact) mass is 326 g/mol. The molecular weight excluding hydrogens is 306 g/mol. The zero-order chi connectivity index (χ0) is 16.6. The van der Waals surface area contributed by atoms with E-state index in [0.29, 0.717) is 32.5 Å². The third-order valence-electron chi connectivity index (χ3n) is 4.52. The molecule has 2 fully saturated rings. The summed E-state index contributed by atoms with van der Waals surface area (Å²) in [4.78, 5) is 15.8. The van der Waals surface area contributed by atoms with Crippen LogP contribution in [0.3, 0.4) is 0 Å². The van der Waals surface area contributed by atoms with Gasteiger partial charge in [-0.3, -0.25) is 9.69 Å². The summed E-state index contributed by atoms with van der Waals surface area (Å²) in [6.07, 6.45) is 0.519. The number of nitrogens with zero attached hydrogens (tertiary/aromatic N) is 2. The third kappa shape index (κ3) is 3.22. The Hall–Kier alpha value is -1.57. The van der Waals surface area contributed by atoms with Crippen molar-refractivity contribution in [3.05, 3.63) is 35.4 Å². The fourth-order valence-electron chi connectivity index (χ4n) is 3.28. The SMILES string of the molecule is O=C1N(Cc2cccc(F)c2F)CCC[C@]1(O)CN1CC(O)C1. The molecule has 1 atom stereocenters. The highest BCUT2D eigenvalue weighted by molar-refractivity contribution is 5.86. The van der Waals surface area contributed by atoms with Gasteiger partial charge in [0.15, 0.2) is 17.2 Å². The van der Waals surface area contributed by atoms with E-state index in [1.165, 1.54) is 17.0 Å². The first-order valence-corrected chi connectivity index (χ1v) is 7.74. The number of amides is 1. The molecule has 2 aliphatic rings. The number of rotatable bonds is 4. The minimum atomic E-state index is -1.53. The van der Waals surface area contributed by atoms with Crippen LogP contribution in [0, 0.1) is 11.6 Å². The van der Waals surface area contributed by atoms with Crippen molar-refractivity contribution < 1.29 is 23.8 Å². The average molecular weight is 326 g/mol. The van der Waals surface area contributed by atoms with Crippen LogP contribution in [0.5, 0.6) is 0 Å². The van der Waals surface area contributed by atoms with Crippen LogP contribution in [0.1, 0.15) is 18.4 Å². The zero-order valence-corrected chi connectivity index (χ0v) is 12.7. The Morgan fingerprint density at radius 2 is 2.04 bits per heavy atom. The van der Waals surface area contributed by atoms with Crippen molar-refractivity contribution in [3.8, 4) is 0 Å². The number of aliphatic hydroxyl groups excluding tert-OH is 1. The molecule has 1 aromatic rings. The maximum Gasteiger partial charge on any atom is 0.256 e. The van der Waals surface area contributed by atoms with Crippen molar-refractivity contribution >= 4 is 5.91 Å². The van der Waals surface area contributed by atoms with Gasteiger partial charge in [0.2, 0.25) is 0 Å². The van der Waals surface area contributed by atoms with Gasteiger partial charge in [-0.2, -0.15) is 0 Å². The molecule has 7 heteroatoms. The highest BCUT2D eigenvalue weighted by Crippen LogP contribution is 2.27. The first-order chi connectivity index (χ1) is 10.9. The summed E-state index contributed by atoms with van der Waals surface area (Å²) in [6, 6.07) is 3.86. The van der Waals surface area contributed by atoms with Gasteiger partial charge in [0, 0.05) is 38.3 Å². The maximum absolute atomic E-state index is 13.8. The van der Waals surface area contributed by atoms with Crippen LogP contribution in [0.25, 0.3) is 0 Å². The minimum Gasteiger partial charge on any atom is -0.390 e. The Kier molecular flexibility index (Phi) is 4.35. The van der Waals surface area contributed by atoms with E-state index in [2.05, 4.69) is 0 Å². The molecule has 0 bridgehead atoms. The molecule has 1 amide bonds. The van der Waals surface area contributed by atoms with Crippen molar-refractivity contribution in [1.29, 1.82) is 0 Å². The number of hydrogen-bond acceptors (Lipinski definition) is 4. The van der Waals surface area contributed by atoms with Gasteiger partial charge < -0.3 is 15.1 Å². The lowest BCUT2D eigenvalue weighted by molar-refractivity contribution is -0.163. The van der Waals surface area contributed by atoms with Gasteiger partial charge in [-0.1, -0.05) is 12.1 Å². The van der Waals surface area contributed by atoms with E-state index in [4.69, 9.17) is 0 Å². The van der Waals surface area contributed by atoms with Gasteiger partial charge in [-0.05, 0) is 18.9 Å². The molecule has 23 heavy (non-hydrogen) atoms. The first kappa shape index (κ1) is 16.3. The van der Waals surface area contributed by atoms with Crippen LogP contribution in [0.4, 0.5) is 8.78 Å². The lowest BCUT2D eigenvalue weighted by Crippen LogP contribution is -2.62. The van der Waals surface area contributed by atoms with Gasteiger partial charge in [0.25, 0.3) is 5.91 Å². The molecule has 2 aliphatic heterocycles. The van der Waals surface area contributed by atoms with Crippen LogP contribution in [0.2, 0.25) is 0 Å². The minimum absolute atomic E-state index is 0.0621. The zero-order valence-electron chi connectivity index (χ0n) is 12.7. The van der Waals surface area contributed by atoms with E-state index in [-0.39, 0.29) is 18.7 Å². The Bertz CT molecular complexity index is 607. The Morgan fingerprint density at radius 1 is 1.30 bits per heavy atom. The van der Waals surface area contributed by atoms with Crippen LogP contribution >= 0.6 is 0 Å². The normalized spacial score (nSPS) is 26.4. The third-order valence-corrected chi connectivity index (χ3v) is 4.52. The van der Waals surface area contributed by atoms with Crippen molar-refractivity contribution in [1.82, 2.24) is 9.80 Å². The summed E-state index contributed by atoms with van der Waals surface area (Å²) < 4.78 is 27.1. The molecule has 3 rings (SSSR count). The van der Waals surface area contributed by atoms with E-state index in [0.717, 1.165) is 6.07 Å². The van der Waals surface area contributed by atoms with E-state index in [1.807, 2.05) is 4.90 Å². The number of likely N-dealkylation sites (tertiary alicyclic amines) is 2. The molecule has 126 valence electrons. The second-order valence-corrected chi connectivity index (χ2v) is 6.42. The van der Waals surface area contributed by atoms with Crippen LogP contribution in [-0.2, 0) is 11.3 Å². The number of piperidine rings is 1. The van der Waals surface area contributed by atoms with Crippen molar-refractivity contribution in [3.63, 3.8) is 0 Å². The molecule has 5 nitrogen and oxygen atoms in total. The van der Waals surface area contributed by atoms with Gasteiger partial charge in [-0.15, -0.1) is 0 Å². The van der Waals surface area contributed by atoms with Gasteiger partial charge >= 0.3 is 0 Å². The molecular formula is C16H20F2N2O3. The number of hydrogen-bond donors (Lipinski definition) is 2. The predicted molar refractivity (Wildman–Crippen MR) is 78.4 cm³/mol. The molecule has 0 unspecified atom stereocenters. The molecule has 0 radical (unpaired) electrons. The quantitative estimate of drug-likeness (QED) is 0.846.